The lowest BCUT2D eigenvalue weighted by atomic mass is 10.1. The summed E-state index contributed by atoms with van der Waals surface area (Å²) < 4.78 is 12.1. The molecule has 3 nitrogen and oxygen atoms in total. The van der Waals surface area contributed by atoms with E-state index in [1.165, 1.54) is 0 Å². The van der Waals surface area contributed by atoms with Crippen LogP contribution in [0.5, 0.6) is 5.75 Å². The molecule has 0 unspecified atom stereocenters. The van der Waals surface area contributed by atoms with Crippen LogP contribution in [0.25, 0.3) is 11.0 Å². The first-order valence-corrected chi connectivity index (χ1v) is 7.72. The number of ether oxygens (including phenoxy) is 1. The summed E-state index contributed by atoms with van der Waals surface area (Å²) in [5.74, 6) is 0.613. The molecule has 0 bridgehead atoms. The van der Waals surface area contributed by atoms with E-state index in [0.717, 1.165) is 38.4 Å². The van der Waals surface area contributed by atoms with E-state index >= 15 is 0 Å². The minimum Gasteiger partial charge on any atom is -0.488 e. The zero-order valence-corrected chi connectivity index (χ0v) is 13.9. The Bertz CT molecular complexity index is 849. The van der Waals surface area contributed by atoms with E-state index in [1.807, 2.05) is 44.2 Å². The Morgan fingerprint density at radius 3 is 2.73 bits per heavy atom. The number of rotatable bonds is 4. The maximum absolute atomic E-state index is 11.2. The second kappa shape index (κ2) is 5.97. The molecule has 0 spiro atoms. The van der Waals surface area contributed by atoms with Gasteiger partial charge in [-0.25, -0.2) is 0 Å². The highest BCUT2D eigenvalue weighted by atomic mass is 79.9. The minimum atomic E-state index is 0.392. The molecule has 112 valence electrons. The van der Waals surface area contributed by atoms with Crippen molar-refractivity contribution in [2.45, 2.75) is 20.5 Å². The van der Waals surface area contributed by atoms with Crippen LogP contribution in [0, 0.1) is 13.8 Å². The van der Waals surface area contributed by atoms with Crippen molar-refractivity contribution < 1.29 is 13.9 Å². The molecule has 0 saturated carbocycles. The fourth-order valence-corrected chi connectivity index (χ4v) is 2.99. The number of furan rings is 1. The van der Waals surface area contributed by atoms with E-state index in [9.17, 15) is 4.79 Å². The molecular weight excluding hydrogens is 344 g/mol. The number of aldehydes is 1. The third kappa shape index (κ3) is 2.79. The van der Waals surface area contributed by atoms with Crippen molar-refractivity contribution in [1.82, 2.24) is 0 Å². The second-order valence-electron chi connectivity index (χ2n) is 5.30. The van der Waals surface area contributed by atoms with Gasteiger partial charge in [-0.15, -0.1) is 0 Å². The molecule has 2 aromatic carbocycles. The van der Waals surface area contributed by atoms with Gasteiger partial charge < -0.3 is 9.15 Å². The Hall–Kier alpha value is -2.07. The van der Waals surface area contributed by atoms with Gasteiger partial charge in [0.25, 0.3) is 0 Å². The molecule has 3 aromatic rings. The zero-order valence-electron chi connectivity index (χ0n) is 12.4. The highest BCUT2D eigenvalue weighted by molar-refractivity contribution is 9.10. The van der Waals surface area contributed by atoms with E-state index in [0.29, 0.717) is 17.9 Å². The topological polar surface area (TPSA) is 39.4 Å². The van der Waals surface area contributed by atoms with Gasteiger partial charge in [-0.3, -0.25) is 4.79 Å². The molecule has 3 rings (SSSR count). The van der Waals surface area contributed by atoms with Crippen LogP contribution in [0.15, 0.2) is 45.5 Å². The zero-order chi connectivity index (χ0) is 15.7. The number of hydrogen-bond donors (Lipinski definition) is 0. The number of fused-ring (bicyclic) bond motifs is 1. The average Bonchev–Trinajstić information content (AvgIpc) is 2.97. The lowest BCUT2D eigenvalue weighted by molar-refractivity contribution is 0.111. The van der Waals surface area contributed by atoms with E-state index in [2.05, 4.69) is 15.9 Å². The van der Waals surface area contributed by atoms with Crippen molar-refractivity contribution in [2.75, 3.05) is 0 Å². The number of benzene rings is 2. The first-order chi connectivity index (χ1) is 10.6. The molecule has 0 aliphatic carbocycles. The molecule has 0 amide bonds. The molecule has 0 radical (unpaired) electrons. The van der Waals surface area contributed by atoms with E-state index in [1.54, 1.807) is 6.26 Å². The van der Waals surface area contributed by atoms with E-state index in [-0.39, 0.29) is 0 Å². The van der Waals surface area contributed by atoms with Gasteiger partial charge in [0, 0.05) is 5.39 Å². The quantitative estimate of drug-likeness (QED) is 0.601. The Morgan fingerprint density at radius 2 is 1.95 bits per heavy atom. The summed E-state index contributed by atoms with van der Waals surface area (Å²) in [5.41, 5.74) is 4.59. The van der Waals surface area contributed by atoms with Crippen molar-refractivity contribution >= 4 is 33.2 Å². The van der Waals surface area contributed by atoms with Gasteiger partial charge in [0.1, 0.15) is 17.9 Å². The summed E-state index contributed by atoms with van der Waals surface area (Å²) in [6.45, 7) is 4.38. The number of aryl methyl sites for hydroxylation is 2. The van der Waals surface area contributed by atoms with Gasteiger partial charge in [-0.05, 0) is 76.8 Å². The monoisotopic (exact) mass is 358 g/mol. The number of hydrogen-bond acceptors (Lipinski definition) is 3. The van der Waals surface area contributed by atoms with Gasteiger partial charge in [0.2, 0.25) is 0 Å². The van der Waals surface area contributed by atoms with Crippen molar-refractivity contribution in [2.24, 2.45) is 0 Å². The predicted molar refractivity (Wildman–Crippen MR) is 89.5 cm³/mol. The third-order valence-corrected chi connectivity index (χ3v) is 4.30. The third-order valence-electron chi connectivity index (χ3n) is 3.71. The average molecular weight is 359 g/mol. The lowest BCUT2D eigenvalue weighted by Gasteiger charge is -2.11. The normalized spacial score (nSPS) is 10.9. The fraction of sp³-hybridized carbons (Fsp3) is 0.167. The van der Waals surface area contributed by atoms with Gasteiger partial charge in [0.05, 0.1) is 16.3 Å². The van der Waals surface area contributed by atoms with Crippen LogP contribution >= 0.6 is 15.9 Å². The van der Waals surface area contributed by atoms with Crippen molar-refractivity contribution in [3.8, 4) is 5.75 Å². The van der Waals surface area contributed by atoms with Crippen molar-refractivity contribution in [3.05, 3.63) is 63.3 Å². The minimum absolute atomic E-state index is 0.392. The summed E-state index contributed by atoms with van der Waals surface area (Å²) in [4.78, 5) is 11.2. The summed E-state index contributed by atoms with van der Waals surface area (Å²) >= 11 is 3.50. The predicted octanol–water partition coefficient (Wildman–Crippen LogP) is 5.20. The Labute approximate surface area is 137 Å². The Kier molecular flexibility index (Phi) is 4.03. The van der Waals surface area contributed by atoms with Crippen LogP contribution in [-0.2, 0) is 6.61 Å². The smallest absolute Gasteiger partial charge is 0.153 e. The van der Waals surface area contributed by atoms with Crippen LogP contribution in [0.4, 0.5) is 0 Å². The molecule has 0 aliphatic heterocycles. The molecule has 4 heteroatoms. The van der Waals surface area contributed by atoms with Gasteiger partial charge in [-0.2, -0.15) is 0 Å². The van der Waals surface area contributed by atoms with Gasteiger partial charge in [0.15, 0.2) is 6.29 Å². The first-order valence-electron chi connectivity index (χ1n) is 6.93. The largest absolute Gasteiger partial charge is 0.488 e. The molecule has 1 heterocycles. The number of carbonyl (C=O) groups is 1. The molecule has 0 fully saturated rings. The lowest BCUT2D eigenvalue weighted by Crippen LogP contribution is -2.00. The molecule has 1 aromatic heterocycles. The summed E-state index contributed by atoms with van der Waals surface area (Å²) in [7, 11) is 0. The molecule has 22 heavy (non-hydrogen) atoms. The first kappa shape index (κ1) is 14.9. The van der Waals surface area contributed by atoms with Crippen LogP contribution in [0.3, 0.4) is 0 Å². The molecule has 0 N–H and O–H groups in total. The molecule has 0 atom stereocenters. The Morgan fingerprint density at radius 1 is 1.18 bits per heavy atom. The summed E-state index contributed by atoms with van der Waals surface area (Å²) in [5, 5.41) is 1.02. The van der Waals surface area contributed by atoms with Crippen molar-refractivity contribution in [1.29, 1.82) is 0 Å². The maximum Gasteiger partial charge on any atom is 0.153 e. The maximum atomic E-state index is 11.2. The molecule has 0 saturated heterocycles. The summed E-state index contributed by atoms with van der Waals surface area (Å²) in [6.07, 6.45) is 2.49. The Balaban J connectivity index is 1.87. The number of carbonyl (C=O) groups excluding carboxylic acids is 1. The molecular formula is C18H15BrO3. The van der Waals surface area contributed by atoms with Crippen LogP contribution in [-0.4, -0.2) is 6.29 Å². The summed E-state index contributed by atoms with van der Waals surface area (Å²) in [6, 6.07) is 9.66. The standard InChI is InChI=1S/C18H15BrO3/c1-11-5-15(9-20)17(6-12(11)2)22-10-13-7-14-3-4-21-18(14)16(19)8-13/h3-9H,10H2,1-2H3. The van der Waals surface area contributed by atoms with E-state index in [4.69, 9.17) is 9.15 Å². The van der Waals surface area contributed by atoms with Gasteiger partial charge >= 0.3 is 0 Å². The highest BCUT2D eigenvalue weighted by Gasteiger charge is 2.09. The molecule has 0 aliphatic rings. The van der Waals surface area contributed by atoms with Gasteiger partial charge in [-0.1, -0.05) is 0 Å². The van der Waals surface area contributed by atoms with Crippen LogP contribution in [0.2, 0.25) is 0 Å². The van der Waals surface area contributed by atoms with E-state index < -0.39 is 0 Å². The highest BCUT2D eigenvalue weighted by Crippen LogP contribution is 2.28. The second-order valence-corrected chi connectivity index (χ2v) is 6.15. The fourth-order valence-electron chi connectivity index (χ4n) is 2.37. The van der Waals surface area contributed by atoms with Crippen LogP contribution in [0.1, 0.15) is 27.0 Å². The van der Waals surface area contributed by atoms with Crippen molar-refractivity contribution in [3.63, 3.8) is 0 Å². The SMILES string of the molecule is Cc1cc(C=O)c(OCc2cc(Br)c3occc3c2)cc1C. The number of halogens is 1. The van der Waals surface area contributed by atoms with Crippen LogP contribution < -0.4 is 4.74 Å².